The van der Waals surface area contributed by atoms with E-state index >= 15 is 0 Å². The fraction of sp³-hybridized carbons (Fsp3) is 0.333. The number of allylic oxidation sites excluding steroid dienone is 1. The number of Topliss-reactive ketones (excluding diaryl/α,β-unsaturated/α-hetero) is 1. The molecule has 0 aromatic heterocycles. The second-order valence-corrected chi connectivity index (χ2v) is 7.82. The lowest BCUT2D eigenvalue weighted by Gasteiger charge is -2.31. The van der Waals surface area contributed by atoms with Crippen molar-refractivity contribution in [2.24, 2.45) is 4.99 Å². The average Bonchev–Trinajstić information content (AvgIpc) is 2.75. The van der Waals surface area contributed by atoms with E-state index in [2.05, 4.69) is 0 Å². The minimum atomic E-state index is -0.358. The minimum absolute atomic E-state index is 0.0237. The van der Waals surface area contributed by atoms with Crippen molar-refractivity contribution < 1.29 is 14.3 Å². The first-order valence-corrected chi connectivity index (χ1v) is 11.2. The van der Waals surface area contributed by atoms with Crippen LogP contribution in [0.3, 0.4) is 0 Å². The number of ketones is 1. The van der Waals surface area contributed by atoms with Crippen molar-refractivity contribution in [1.82, 2.24) is 4.90 Å². The summed E-state index contributed by atoms with van der Waals surface area (Å²) in [6.45, 7) is 6.49. The molecular weight excluding hydrogens is 396 g/mol. The summed E-state index contributed by atoms with van der Waals surface area (Å²) in [4.78, 5) is 19.3. The summed E-state index contributed by atoms with van der Waals surface area (Å²) in [6, 6.07) is 15.5. The maximum atomic E-state index is 12.5. The van der Waals surface area contributed by atoms with Gasteiger partial charge in [-0.15, -0.1) is 0 Å². The van der Waals surface area contributed by atoms with Crippen LogP contribution in [0.25, 0.3) is 0 Å². The zero-order chi connectivity index (χ0) is 21.7. The van der Waals surface area contributed by atoms with Crippen LogP contribution in [0.2, 0.25) is 0 Å². The highest BCUT2D eigenvalue weighted by atomic mass is 32.2. The first-order valence-electron chi connectivity index (χ1n) is 9.97. The van der Waals surface area contributed by atoms with Gasteiger partial charge in [-0.3, -0.25) is 4.79 Å². The lowest BCUT2D eigenvalue weighted by atomic mass is 9.93. The van der Waals surface area contributed by atoms with Crippen LogP contribution in [0.15, 0.2) is 64.8 Å². The van der Waals surface area contributed by atoms with E-state index in [0.29, 0.717) is 30.3 Å². The number of carbonyl (C=O) groups excluding carboxylic acids is 1. The monoisotopic (exact) mass is 424 g/mol. The first kappa shape index (κ1) is 22.0. The Morgan fingerprint density at radius 2 is 1.87 bits per heavy atom. The van der Waals surface area contributed by atoms with Gasteiger partial charge >= 0.3 is 0 Å². The molecule has 3 rings (SSSR count). The topological polar surface area (TPSA) is 51.1 Å². The van der Waals surface area contributed by atoms with E-state index in [4.69, 9.17) is 14.5 Å². The van der Waals surface area contributed by atoms with Gasteiger partial charge in [-0.1, -0.05) is 48.2 Å². The molecule has 30 heavy (non-hydrogen) atoms. The minimum Gasteiger partial charge on any atom is -0.490 e. The summed E-state index contributed by atoms with van der Waals surface area (Å²) in [5, 5.41) is 0.880. The Morgan fingerprint density at radius 3 is 2.50 bits per heavy atom. The standard InChI is InChI=1S/C24H28N2O3S/c1-6-28-21-14-19(12-13-20(21)29-15-18-10-8-7-9-11-18)23-22(17(3)27)16(2)26(4)24(25-23)30-5/h7-14,23H,6,15H2,1-5H3/t23-/m1/s1. The summed E-state index contributed by atoms with van der Waals surface area (Å²) < 4.78 is 11.9. The lowest BCUT2D eigenvalue weighted by Crippen LogP contribution is -2.31. The molecule has 0 saturated carbocycles. The Kier molecular flexibility index (Phi) is 7.21. The van der Waals surface area contributed by atoms with Crippen LogP contribution in [0.5, 0.6) is 11.5 Å². The van der Waals surface area contributed by atoms with Crippen molar-refractivity contribution in [3.63, 3.8) is 0 Å². The quantitative estimate of drug-likeness (QED) is 0.609. The van der Waals surface area contributed by atoms with E-state index in [1.165, 1.54) is 0 Å². The molecule has 2 aromatic rings. The molecule has 1 atom stereocenters. The molecule has 0 saturated heterocycles. The van der Waals surface area contributed by atoms with Crippen molar-refractivity contribution in [2.45, 2.75) is 33.4 Å². The number of nitrogens with zero attached hydrogens (tertiary/aromatic N) is 2. The highest BCUT2D eigenvalue weighted by Crippen LogP contribution is 2.39. The van der Waals surface area contributed by atoms with E-state index in [0.717, 1.165) is 22.0 Å². The van der Waals surface area contributed by atoms with Crippen LogP contribution in [0.4, 0.5) is 0 Å². The number of thioether (sulfide) groups is 1. The first-order chi connectivity index (χ1) is 14.5. The fourth-order valence-corrected chi connectivity index (χ4v) is 4.10. The maximum Gasteiger partial charge on any atom is 0.163 e. The summed E-state index contributed by atoms with van der Waals surface area (Å²) in [6.07, 6.45) is 1.99. The molecule has 1 heterocycles. The highest BCUT2D eigenvalue weighted by Gasteiger charge is 2.30. The Labute approximate surface area is 182 Å². The lowest BCUT2D eigenvalue weighted by molar-refractivity contribution is -0.114. The molecule has 1 aliphatic heterocycles. The van der Waals surface area contributed by atoms with Gasteiger partial charge in [0.05, 0.1) is 6.61 Å². The third-order valence-corrected chi connectivity index (χ3v) is 5.82. The van der Waals surface area contributed by atoms with Gasteiger partial charge in [0.15, 0.2) is 22.4 Å². The predicted molar refractivity (Wildman–Crippen MR) is 123 cm³/mol. The summed E-state index contributed by atoms with van der Waals surface area (Å²) in [7, 11) is 1.94. The van der Waals surface area contributed by atoms with Gasteiger partial charge in [-0.05, 0) is 50.3 Å². The van der Waals surface area contributed by atoms with Crippen molar-refractivity contribution in [3.8, 4) is 11.5 Å². The highest BCUT2D eigenvalue weighted by molar-refractivity contribution is 8.13. The van der Waals surface area contributed by atoms with Gasteiger partial charge in [0.1, 0.15) is 12.6 Å². The maximum absolute atomic E-state index is 12.5. The smallest absolute Gasteiger partial charge is 0.163 e. The van der Waals surface area contributed by atoms with E-state index < -0.39 is 0 Å². The van der Waals surface area contributed by atoms with Crippen molar-refractivity contribution in [2.75, 3.05) is 19.9 Å². The molecule has 0 bridgehead atoms. The molecule has 0 unspecified atom stereocenters. The molecule has 0 spiro atoms. The number of hydrogen-bond acceptors (Lipinski definition) is 6. The van der Waals surface area contributed by atoms with Crippen LogP contribution in [0.1, 0.15) is 37.9 Å². The molecule has 0 radical (unpaired) electrons. The molecule has 5 nitrogen and oxygen atoms in total. The van der Waals surface area contributed by atoms with Crippen LogP contribution >= 0.6 is 11.8 Å². The normalized spacial score (nSPS) is 16.4. The third kappa shape index (κ3) is 4.70. The molecule has 158 valence electrons. The fourth-order valence-electron chi connectivity index (χ4n) is 3.48. The van der Waals surface area contributed by atoms with Crippen molar-refractivity contribution in [1.29, 1.82) is 0 Å². The number of aliphatic imine (C=N–C) groups is 1. The van der Waals surface area contributed by atoms with Gasteiger partial charge in [0.25, 0.3) is 0 Å². The SMILES string of the molecule is CCOc1cc([C@H]2N=C(SC)N(C)C(C)=C2C(C)=O)ccc1OCc1ccccc1. The van der Waals surface area contributed by atoms with Gasteiger partial charge in [-0.2, -0.15) is 0 Å². The molecule has 0 amide bonds. The number of rotatable bonds is 7. The second kappa shape index (κ2) is 9.85. The average molecular weight is 425 g/mol. The second-order valence-electron chi connectivity index (χ2n) is 7.05. The summed E-state index contributed by atoms with van der Waals surface area (Å²) in [5.41, 5.74) is 3.63. The zero-order valence-electron chi connectivity index (χ0n) is 18.1. The molecule has 2 aromatic carbocycles. The molecule has 0 N–H and O–H groups in total. The molecule has 1 aliphatic rings. The zero-order valence-corrected chi connectivity index (χ0v) is 19.0. The molecule has 0 fully saturated rings. The van der Waals surface area contributed by atoms with E-state index in [1.54, 1.807) is 18.7 Å². The summed E-state index contributed by atoms with van der Waals surface area (Å²) in [5.74, 6) is 1.36. The van der Waals surface area contributed by atoms with E-state index in [-0.39, 0.29) is 11.8 Å². The Balaban J connectivity index is 1.95. The van der Waals surface area contributed by atoms with E-state index in [9.17, 15) is 4.79 Å². The number of ether oxygens (including phenoxy) is 2. The Morgan fingerprint density at radius 1 is 1.13 bits per heavy atom. The van der Waals surface area contributed by atoms with Gasteiger partial charge in [0, 0.05) is 18.3 Å². The molecule has 0 aliphatic carbocycles. The summed E-state index contributed by atoms with van der Waals surface area (Å²) >= 11 is 1.57. The third-order valence-electron chi connectivity index (χ3n) is 5.08. The van der Waals surface area contributed by atoms with E-state index in [1.807, 2.05) is 80.6 Å². The Hall–Kier alpha value is -2.73. The van der Waals surface area contributed by atoms with Crippen molar-refractivity contribution in [3.05, 3.63) is 70.9 Å². The largest absolute Gasteiger partial charge is 0.490 e. The van der Waals surface area contributed by atoms with Crippen LogP contribution in [-0.2, 0) is 11.4 Å². The number of amidine groups is 1. The number of benzene rings is 2. The van der Waals surface area contributed by atoms with Crippen LogP contribution in [-0.4, -0.2) is 35.8 Å². The van der Waals surface area contributed by atoms with Crippen LogP contribution in [0, 0.1) is 0 Å². The molecule has 6 heteroatoms. The van der Waals surface area contributed by atoms with Gasteiger partial charge in [-0.25, -0.2) is 4.99 Å². The van der Waals surface area contributed by atoms with Gasteiger partial charge in [0.2, 0.25) is 0 Å². The van der Waals surface area contributed by atoms with Crippen LogP contribution < -0.4 is 9.47 Å². The number of carbonyl (C=O) groups is 1. The van der Waals surface area contributed by atoms with Gasteiger partial charge < -0.3 is 14.4 Å². The Bertz CT molecular complexity index is 970. The number of hydrogen-bond donors (Lipinski definition) is 0. The predicted octanol–water partition coefficient (Wildman–Crippen LogP) is 5.23. The molecular formula is C24H28N2O3S. The van der Waals surface area contributed by atoms with Crippen molar-refractivity contribution >= 4 is 22.7 Å².